The zero-order chi connectivity index (χ0) is 11.3. The molecule has 0 fully saturated rings. The lowest BCUT2D eigenvalue weighted by atomic mass is 9.99. The van der Waals surface area contributed by atoms with Crippen LogP contribution in [0.4, 0.5) is 5.82 Å². The Hall–Kier alpha value is -1.09. The molecule has 3 heteroatoms. The van der Waals surface area contributed by atoms with Gasteiger partial charge >= 0.3 is 0 Å². The molecule has 0 saturated heterocycles. The van der Waals surface area contributed by atoms with E-state index in [1.54, 1.807) is 6.20 Å². The number of aromatic nitrogens is 1. The van der Waals surface area contributed by atoms with E-state index >= 15 is 0 Å². The van der Waals surface area contributed by atoms with Crippen LogP contribution in [0.2, 0.25) is 0 Å². The third-order valence-electron chi connectivity index (χ3n) is 2.46. The summed E-state index contributed by atoms with van der Waals surface area (Å²) in [7, 11) is 0. The van der Waals surface area contributed by atoms with Crippen molar-refractivity contribution in [2.24, 2.45) is 11.7 Å². The number of nitrogens with two attached hydrogens (primary N) is 2. The second-order valence-corrected chi connectivity index (χ2v) is 4.52. The summed E-state index contributed by atoms with van der Waals surface area (Å²) in [6.07, 6.45) is 4.88. The van der Waals surface area contributed by atoms with Gasteiger partial charge in [-0.15, -0.1) is 0 Å². The van der Waals surface area contributed by atoms with Crippen LogP contribution in [0, 0.1) is 5.92 Å². The summed E-state index contributed by atoms with van der Waals surface area (Å²) in [4.78, 5) is 3.96. The molecule has 0 aliphatic carbocycles. The van der Waals surface area contributed by atoms with E-state index in [-0.39, 0.29) is 6.04 Å². The molecule has 1 atom stereocenters. The van der Waals surface area contributed by atoms with Crippen molar-refractivity contribution in [2.75, 3.05) is 5.73 Å². The maximum Gasteiger partial charge on any atom is 0.123 e. The summed E-state index contributed by atoms with van der Waals surface area (Å²) in [5.41, 5.74) is 12.8. The second kappa shape index (κ2) is 5.71. The largest absolute Gasteiger partial charge is 0.384 e. The Balaban J connectivity index is 2.40. The van der Waals surface area contributed by atoms with Crippen molar-refractivity contribution in [3.05, 3.63) is 23.9 Å². The minimum absolute atomic E-state index is 0.231. The van der Waals surface area contributed by atoms with Gasteiger partial charge in [0.05, 0.1) is 0 Å². The summed E-state index contributed by atoms with van der Waals surface area (Å²) in [5.74, 6) is 1.29. The fraction of sp³-hybridized carbons (Fsp3) is 0.583. The fourth-order valence-corrected chi connectivity index (χ4v) is 1.57. The first-order valence-corrected chi connectivity index (χ1v) is 5.54. The van der Waals surface area contributed by atoms with Gasteiger partial charge in [0.25, 0.3) is 0 Å². The van der Waals surface area contributed by atoms with Gasteiger partial charge in [-0.2, -0.15) is 0 Å². The average Bonchev–Trinajstić information content (AvgIpc) is 2.15. The van der Waals surface area contributed by atoms with Gasteiger partial charge in [0.15, 0.2) is 0 Å². The second-order valence-electron chi connectivity index (χ2n) is 4.52. The molecule has 0 aliphatic rings. The van der Waals surface area contributed by atoms with Gasteiger partial charge in [-0.3, -0.25) is 0 Å². The molecule has 0 aromatic carbocycles. The predicted octanol–water partition coefficient (Wildman–Crippen LogP) is 1.97. The number of hydrogen-bond acceptors (Lipinski definition) is 3. The third-order valence-corrected chi connectivity index (χ3v) is 2.46. The van der Waals surface area contributed by atoms with Gasteiger partial charge < -0.3 is 11.5 Å². The van der Waals surface area contributed by atoms with Crippen molar-refractivity contribution in [1.29, 1.82) is 0 Å². The van der Waals surface area contributed by atoms with Crippen molar-refractivity contribution in [3.63, 3.8) is 0 Å². The monoisotopic (exact) mass is 207 g/mol. The Kier molecular flexibility index (Phi) is 4.56. The van der Waals surface area contributed by atoms with Gasteiger partial charge in [-0.25, -0.2) is 4.98 Å². The minimum atomic E-state index is 0.231. The number of rotatable bonds is 5. The normalized spacial score (nSPS) is 13.1. The van der Waals surface area contributed by atoms with Crippen LogP contribution in [0.25, 0.3) is 0 Å². The zero-order valence-electron chi connectivity index (χ0n) is 9.61. The topological polar surface area (TPSA) is 64.9 Å². The van der Waals surface area contributed by atoms with Crippen molar-refractivity contribution < 1.29 is 0 Å². The predicted molar refractivity (Wildman–Crippen MR) is 64.4 cm³/mol. The molecule has 1 rings (SSSR count). The molecule has 3 nitrogen and oxygen atoms in total. The smallest absolute Gasteiger partial charge is 0.123 e. The molecule has 0 saturated carbocycles. The first-order valence-electron chi connectivity index (χ1n) is 5.54. The molecule has 1 aromatic heterocycles. The first-order chi connectivity index (χ1) is 7.08. The summed E-state index contributed by atoms with van der Waals surface area (Å²) >= 11 is 0. The molecule has 0 bridgehead atoms. The lowest BCUT2D eigenvalue weighted by Gasteiger charge is -2.13. The standard InChI is InChI=1S/C12H21N3/c1-9(2)3-4-11(13)7-10-5-6-15-12(14)8-10/h5-6,8-9,11H,3-4,7,13H2,1-2H3,(H2,14,15). The Morgan fingerprint density at radius 3 is 2.67 bits per heavy atom. The number of pyridine rings is 1. The van der Waals surface area contributed by atoms with E-state index in [0.717, 1.165) is 18.8 Å². The number of anilines is 1. The summed E-state index contributed by atoms with van der Waals surface area (Å²) in [5, 5.41) is 0. The maximum atomic E-state index is 6.04. The first kappa shape index (κ1) is 12.0. The van der Waals surface area contributed by atoms with E-state index in [9.17, 15) is 0 Å². The minimum Gasteiger partial charge on any atom is -0.384 e. The molecule has 0 radical (unpaired) electrons. The van der Waals surface area contributed by atoms with Crippen molar-refractivity contribution in [1.82, 2.24) is 4.98 Å². The Bertz CT molecular complexity index is 297. The van der Waals surface area contributed by atoms with E-state index in [0.29, 0.717) is 5.82 Å². The number of nitrogens with zero attached hydrogens (tertiary/aromatic N) is 1. The highest BCUT2D eigenvalue weighted by Crippen LogP contribution is 2.11. The molecule has 15 heavy (non-hydrogen) atoms. The van der Waals surface area contributed by atoms with Crippen LogP contribution in [0.5, 0.6) is 0 Å². The molecule has 1 aromatic rings. The van der Waals surface area contributed by atoms with Crippen LogP contribution in [-0.2, 0) is 6.42 Å². The Morgan fingerprint density at radius 1 is 1.33 bits per heavy atom. The lowest BCUT2D eigenvalue weighted by Crippen LogP contribution is -2.23. The van der Waals surface area contributed by atoms with Crippen molar-refractivity contribution in [3.8, 4) is 0 Å². The van der Waals surface area contributed by atoms with Crippen LogP contribution in [0.15, 0.2) is 18.3 Å². The third kappa shape index (κ3) is 4.79. The average molecular weight is 207 g/mol. The van der Waals surface area contributed by atoms with Crippen LogP contribution in [0.1, 0.15) is 32.3 Å². The van der Waals surface area contributed by atoms with E-state index in [4.69, 9.17) is 11.5 Å². The molecule has 1 unspecified atom stereocenters. The quantitative estimate of drug-likeness (QED) is 0.775. The molecular formula is C12H21N3. The Morgan fingerprint density at radius 2 is 2.07 bits per heavy atom. The van der Waals surface area contributed by atoms with Crippen LogP contribution < -0.4 is 11.5 Å². The molecular weight excluding hydrogens is 186 g/mol. The zero-order valence-corrected chi connectivity index (χ0v) is 9.61. The fourth-order valence-electron chi connectivity index (χ4n) is 1.57. The summed E-state index contributed by atoms with van der Waals surface area (Å²) in [6, 6.07) is 4.11. The summed E-state index contributed by atoms with van der Waals surface area (Å²) < 4.78 is 0. The highest BCUT2D eigenvalue weighted by molar-refractivity contribution is 5.32. The molecule has 4 N–H and O–H groups in total. The Labute approximate surface area is 91.9 Å². The van der Waals surface area contributed by atoms with Crippen LogP contribution in [0.3, 0.4) is 0 Å². The molecule has 0 aliphatic heterocycles. The van der Waals surface area contributed by atoms with E-state index in [1.807, 2.05) is 12.1 Å². The number of hydrogen-bond donors (Lipinski definition) is 2. The van der Waals surface area contributed by atoms with Gasteiger partial charge in [0.2, 0.25) is 0 Å². The molecule has 84 valence electrons. The molecule has 0 amide bonds. The van der Waals surface area contributed by atoms with Gasteiger partial charge in [-0.05, 0) is 42.9 Å². The van der Waals surface area contributed by atoms with E-state index < -0.39 is 0 Å². The lowest BCUT2D eigenvalue weighted by molar-refractivity contribution is 0.495. The molecule has 0 spiro atoms. The SMILES string of the molecule is CC(C)CCC(N)Cc1ccnc(N)c1. The highest BCUT2D eigenvalue weighted by Gasteiger charge is 2.05. The van der Waals surface area contributed by atoms with Crippen LogP contribution in [-0.4, -0.2) is 11.0 Å². The highest BCUT2D eigenvalue weighted by atomic mass is 14.8. The maximum absolute atomic E-state index is 6.04. The number of nitrogen functional groups attached to an aromatic ring is 1. The van der Waals surface area contributed by atoms with Crippen LogP contribution >= 0.6 is 0 Å². The molecule has 1 heterocycles. The summed E-state index contributed by atoms with van der Waals surface area (Å²) in [6.45, 7) is 4.44. The van der Waals surface area contributed by atoms with Crippen molar-refractivity contribution in [2.45, 2.75) is 39.2 Å². The van der Waals surface area contributed by atoms with Crippen molar-refractivity contribution >= 4 is 5.82 Å². The van der Waals surface area contributed by atoms with Gasteiger partial charge in [-0.1, -0.05) is 13.8 Å². The van der Waals surface area contributed by atoms with Gasteiger partial charge in [0, 0.05) is 12.2 Å². The van der Waals surface area contributed by atoms with E-state index in [2.05, 4.69) is 18.8 Å². The van der Waals surface area contributed by atoms with Gasteiger partial charge in [0.1, 0.15) is 5.82 Å². The van der Waals surface area contributed by atoms with E-state index in [1.165, 1.54) is 12.0 Å².